The molecular formula is C14H12ClFN2O2. The molecule has 0 heterocycles. The van der Waals surface area contributed by atoms with Crippen molar-refractivity contribution >= 4 is 17.3 Å². The van der Waals surface area contributed by atoms with Crippen LogP contribution in [0.25, 0.3) is 0 Å². The molecule has 0 atom stereocenters. The van der Waals surface area contributed by atoms with Crippen LogP contribution in [0, 0.1) is 15.9 Å². The van der Waals surface area contributed by atoms with E-state index in [4.69, 9.17) is 11.6 Å². The Kier molecular flexibility index (Phi) is 4.65. The first-order valence-corrected chi connectivity index (χ1v) is 6.32. The Hall–Kier alpha value is -1.98. The Bertz CT molecular complexity index is 617. The van der Waals surface area contributed by atoms with Crippen LogP contribution in [0.2, 0.25) is 5.02 Å². The van der Waals surface area contributed by atoms with E-state index in [-0.39, 0.29) is 12.2 Å². The van der Waals surface area contributed by atoms with Crippen LogP contribution >= 0.6 is 11.6 Å². The minimum atomic E-state index is -0.515. The topological polar surface area (TPSA) is 55.2 Å². The zero-order chi connectivity index (χ0) is 14.5. The van der Waals surface area contributed by atoms with Gasteiger partial charge in [0.25, 0.3) is 5.69 Å². The Morgan fingerprint density at radius 2 is 1.85 bits per heavy atom. The largest absolute Gasteiger partial charge is 0.308 e. The number of nitro benzene ring substituents is 1. The van der Waals surface area contributed by atoms with Gasteiger partial charge in [-0.3, -0.25) is 10.1 Å². The molecule has 2 aromatic carbocycles. The highest BCUT2D eigenvalue weighted by atomic mass is 35.5. The smallest absolute Gasteiger partial charge is 0.274 e. The van der Waals surface area contributed by atoms with Crippen molar-refractivity contribution < 1.29 is 9.31 Å². The van der Waals surface area contributed by atoms with Crippen molar-refractivity contribution in [3.8, 4) is 0 Å². The maximum atomic E-state index is 13.1. The van der Waals surface area contributed by atoms with Crippen LogP contribution in [0.1, 0.15) is 11.1 Å². The molecule has 20 heavy (non-hydrogen) atoms. The SMILES string of the molecule is O=[N+]([O-])c1ccc(F)cc1CNCc1ccc(Cl)cc1. The molecule has 104 valence electrons. The van der Waals surface area contributed by atoms with Crippen molar-refractivity contribution in [2.45, 2.75) is 13.1 Å². The maximum absolute atomic E-state index is 13.1. The van der Waals surface area contributed by atoms with Gasteiger partial charge in [0.2, 0.25) is 0 Å². The Balaban J connectivity index is 2.02. The molecule has 0 saturated heterocycles. The van der Waals surface area contributed by atoms with Gasteiger partial charge in [0.05, 0.1) is 4.92 Å². The van der Waals surface area contributed by atoms with Crippen molar-refractivity contribution in [2.75, 3.05) is 0 Å². The molecule has 0 spiro atoms. The van der Waals surface area contributed by atoms with Crippen molar-refractivity contribution in [1.82, 2.24) is 5.32 Å². The molecule has 0 bridgehead atoms. The number of nitro groups is 1. The number of nitrogens with one attached hydrogen (secondary N) is 1. The van der Waals surface area contributed by atoms with E-state index in [9.17, 15) is 14.5 Å². The predicted octanol–water partition coefficient (Wildman–Crippen LogP) is 3.68. The average molecular weight is 295 g/mol. The molecule has 4 nitrogen and oxygen atoms in total. The first kappa shape index (κ1) is 14.4. The molecule has 2 aromatic rings. The van der Waals surface area contributed by atoms with Crippen LogP contribution in [0.3, 0.4) is 0 Å². The summed E-state index contributed by atoms with van der Waals surface area (Å²) in [7, 11) is 0. The van der Waals surface area contributed by atoms with Crippen LogP contribution in [0.5, 0.6) is 0 Å². The second-order valence-electron chi connectivity index (χ2n) is 4.26. The summed E-state index contributed by atoms with van der Waals surface area (Å²) in [6, 6.07) is 10.7. The van der Waals surface area contributed by atoms with Crippen molar-refractivity contribution in [3.63, 3.8) is 0 Å². The molecule has 0 amide bonds. The Morgan fingerprint density at radius 3 is 2.50 bits per heavy atom. The van der Waals surface area contributed by atoms with E-state index in [2.05, 4.69) is 5.32 Å². The lowest BCUT2D eigenvalue weighted by molar-refractivity contribution is -0.385. The number of hydrogen-bond donors (Lipinski definition) is 1. The molecular weight excluding hydrogens is 283 g/mol. The third-order valence-electron chi connectivity index (χ3n) is 2.80. The summed E-state index contributed by atoms with van der Waals surface area (Å²) < 4.78 is 13.1. The molecule has 0 saturated carbocycles. The van der Waals surface area contributed by atoms with Crippen molar-refractivity contribution in [2.24, 2.45) is 0 Å². The summed E-state index contributed by atoms with van der Waals surface area (Å²) in [5.41, 5.74) is 1.23. The van der Waals surface area contributed by atoms with Gasteiger partial charge in [-0.15, -0.1) is 0 Å². The highest BCUT2D eigenvalue weighted by Gasteiger charge is 2.13. The molecule has 0 aliphatic carbocycles. The van der Waals surface area contributed by atoms with E-state index < -0.39 is 10.7 Å². The fourth-order valence-electron chi connectivity index (χ4n) is 1.82. The fraction of sp³-hybridized carbons (Fsp3) is 0.143. The first-order chi connectivity index (χ1) is 9.56. The van der Waals surface area contributed by atoms with Crippen molar-refractivity contribution in [1.29, 1.82) is 0 Å². The summed E-state index contributed by atoms with van der Waals surface area (Å²) in [6.45, 7) is 0.738. The van der Waals surface area contributed by atoms with Crippen LogP contribution < -0.4 is 5.32 Å². The van der Waals surface area contributed by atoms with Gasteiger partial charge in [-0.05, 0) is 29.8 Å². The lowest BCUT2D eigenvalue weighted by Crippen LogP contribution is -2.14. The second kappa shape index (κ2) is 6.45. The summed E-state index contributed by atoms with van der Waals surface area (Å²) in [5, 5.41) is 14.5. The normalized spacial score (nSPS) is 10.5. The predicted molar refractivity (Wildman–Crippen MR) is 75.1 cm³/mol. The Morgan fingerprint density at radius 1 is 1.15 bits per heavy atom. The van der Waals surface area contributed by atoms with Crippen LogP contribution in [0.15, 0.2) is 42.5 Å². The molecule has 0 radical (unpaired) electrons. The van der Waals surface area contributed by atoms with Gasteiger partial charge in [-0.2, -0.15) is 0 Å². The summed E-state index contributed by atoms with van der Waals surface area (Å²) in [6.07, 6.45) is 0. The van der Waals surface area contributed by atoms with Gasteiger partial charge in [-0.25, -0.2) is 4.39 Å². The molecule has 0 aliphatic heterocycles. The standard InChI is InChI=1S/C14H12ClFN2O2/c15-12-3-1-10(2-4-12)8-17-9-11-7-13(16)5-6-14(11)18(19)20/h1-7,17H,8-9H2. The number of rotatable bonds is 5. The van der Waals surface area contributed by atoms with Gasteiger partial charge in [0.1, 0.15) is 5.82 Å². The number of halogens is 2. The average Bonchev–Trinajstić information content (AvgIpc) is 2.41. The quantitative estimate of drug-likeness (QED) is 0.676. The van der Waals surface area contributed by atoms with Gasteiger partial charge in [0.15, 0.2) is 0 Å². The van der Waals surface area contributed by atoms with Crippen LogP contribution in [-0.2, 0) is 13.1 Å². The zero-order valence-electron chi connectivity index (χ0n) is 10.5. The molecule has 0 fully saturated rings. The highest BCUT2D eigenvalue weighted by Crippen LogP contribution is 2.19. The Labute approximate surface area is 120 Å². The molecule has 1 N–H and O–H groups in total. The van der Waals surface area contributed by atoms with E-state index in [0.29, 0.717) is 17.1 Å². The fourth-order valence-corrected chi connectivity index (χ4v) is 1.94. The van der Waals surface area contributed by atoms with Gasteiger partial charge in [-0.1, -0.05) is 23.7 Å². The number of nitrogens with zero attached hydrogens (tertiary/aromatic N) is 1. The third kappa shape index (κ3) is 3.76. The summed E-state index contributed by atoms with van der Waals surface area (Å²) >= 11 is 5.78. The molecule has 6 heteroatoms. The van der Waals surface area contributed by atoms with E-state index in [1.54, 1.807) is 12.1 Å². The molecule has 0 aliphatic rings. The maximum Gasteiger partial charge on any atom is 0.274 e. The third-order valence-corrected chi connectivity index (χ3v) is 3.05. The lowest BCUT2D eigenvalue weighted by atomic mass is 10.1. The monoisotopic (exact) mass is 294 g/mol. The molecule has 2 rings (SSSR count). The second-order valence-corrected chi connectivity index (χ2v) is 4.70. The van der Waals surface area contributed by atoms with Crippen LogP contribution in [-0.4, -0.2) is 4.92 Å². The van der Waals surface area contributed by atoms with E-state index in [0.717, 1.165) is 11.6 Å². The first-order valence-electron chi connectivity index (χ1n) is 5.94. The summed E-state index contributed by atoms with van der Waals surface area (Å²) in [4.78, 5) is 10.3. The summed E-state index contributed by atoms with van der Waals surface area (Å²) in [5.74, 6) is -0.487. The van der Waals surface area contributed by atoms with Gasteiger partial charge in [0, 0.05) is 29.7 Å². The van der Waals surface area contributed by atoms with E-state index in [1.807, 2.05) is 12.1 Å². The highest BCUT2D eigenvalue weighted by molar-refractivity contribution is 6.30. The van der Waals surface area contributed by atoms with Gasteiger partial charge >= 0.3 is 0 Å². The number of hydrogen-bond acceptors (Lipinski definition) is 3. The molecule has 0 aromatic heterocycles. The van der Waals surface area contributed by atoms with Gasteiger partial charge < -0.3 is 5.32 Å². The molecule has 0 unspecified atom stereocenters. The van der Waals surface area contributed by atoms with Crippen LogP contribution in [0.4, 0.5) is 10.1 Å². The minimum absolute atomic E-state index is 0.0880. The van der Waals surface area contributed by atoms with E-state index in [1.165, 1.54) is 12.1 Å². The number of benzene rings is 2. The lowest BCUT2D eigenvalue weighted by Gasteiger charge is -2.06. The van der Waals surface area contributed by atoms with E-state index >= 15 is 0 Å². The van der Waals surface area contributed by atoms with Crippen molar-refractivity contribution in [3.05, 3.63) is 74.5 Å². The minimum Gasteiger partial charge on any atom is -0.308 e. The zero-order valence-corrected chi connectivity index (χ0v) is 11.2.